The number of fused-ring (bicyclic) bond motifs is 1. The molecular formula is C29H23NO5. The number of nitrogens with zero attached hydrogens (tertiary/aromatic N) is 1. The first kappa shape index (κ1) is 23.4. The number of carboxylic acids is 2. The molecule has 0 aliphatic carbocycles. The fourth-order valence-electron chi connectivity index (χ4n) is 4.04. The lowest BCUT2D eigenvalue weighted by Crippen LogP contribution is -2.35. The minimum absolute atomic E-state index is 0.00906. The van der Waals surface area contributed by atoms with Crippen molar-refractivity contribution in [2.24, 2.45) is 0 Å². The van der Waals surface area contributed by atoms with Crippen LogP contribution in [0.15, 0.2) is 97.1 Å². The number of rotatable bonds is 7. The molecule has 0 heterocycles. The van der Waals surface area contributed by atoms with Crippen molar-refractivity contribution in [1.29, 1.82) is 0 Å². The monoisotopic (exact) mass is 465 g/mol. The van der Waals surface area contributed by atoms with E-state index in [-0.39, 0.29) is 13.1 Å². The lowest BCUT2D eigenvalue weighted by Gasteiger charge is -2.22. The summed E-state index contributed by atoms with van der Waals surface area (Å²) in [4.78, 5) is 36.5. The summed E-state index contributed by atoms with van der Waals surface area (Å²) in [6.07, 6.45) is 2.50. The Hall–Kier alpha value is -4.71. The Labute approximate surface area is 202 Å². The molecule has 35 heavy (non-hydrogen) atoms. The van der Waals surface area contributed by atoms with Crippen molar-refractivity contribution in [2.75, 3.05) is 0 Å². The van der Waals surface area contributed by atoms with E-state index in [0.29, 0.717) is 11.1 Å². The van der Waals surface area contributed by atoms with Crippen molar-refractivity contribution in [3.63, 3.8) is 0 Å². The first-order valence-corrected chi connectivity index (χ1v) is 11.0. The number of carboxylic acid groups (broad SMARTS) is 2. The van der Waals surface area contributed by atoms with Crippen LogP contribution in [0.3, 0.4) is 0 Å². The van der Waals surface area contributed by atoms with Crippen LogP contribution in [0, 0.1) is 0 Å². The molecule has 0 aromatic heterocycles. The first-order chi connectivity index (χ1) is 16.9. The quantitative estimate of drug-likeness (QED) is 0.288. The lowest BCUT2D eigenvalue weighted by molar-refractivity contribution is -0.156. The number of amides is 1. The minimum atomic E-state index is -1.55. The molecule has 0 saturated heterocycles. The van der Waals surface area contributed by atoms with E-state index in [4.69, 9.17) is 0 Å². The first-order valence-electron chi connectivity index (χ1n) is 11.0. The molecule has 1 amide bonds. The molecule has 0 aliphatic rings. The Morgan fingerprint density at radius 1 is 0.771 bits per heavy atom. The van der Waals surface area contributed by atoms with Crippen molar-refractivity contribution >= 4 is 34.7 Å². The SMILES string of the molecule is O=C(O)C=Cc1cc(-c2cccc3ccccc23)ccc1CN(Cc1ccccc1)C(=O)C(=O)O. The molecule has 6 heteroatoms. The molecule has 0 atom stereocenters. The zero-order valence-electron chi connectivity index (χ0n) is 18.8. The molecule has 174 valence electrons. The fourth-order valence-corrected chi connectivity index (χ4v) is 4.04. The van der Waals surface area contributed by atoms with Gasteiger partial charge in [0, 0.05) is 19.2 Å². The predicted molar refractivity (Wildman–Crippen MR) is 134 cm³/mol. The second-order valence-corrected chi connectivity index (χ2v) is 8.06. The van der Waals surface area contributed by atoms with Crippen LogP contribution >= 0.6 is 0 Å². The van der Waals surface area contributed by atoms with E-state index in [0.717, 1.165) is 33.5 Å². The largest absolute Gasteiger partial charge is 0.478 e. The van der Waals surface area contributed by atoms with Gasteiger partial charge in [0.05, 0.1) is 0 Å². The summed E-state index contributed by atoms with van der Waals surface area (Å²) in [5.74, 6) is -3.68. The van der Waals surface area contributed by atoms with Gasteiger partial charge in [0.25, 0.3) is 0 Å². The van der Waals surface area contributed by atoms with Crippen molar-refractivity contribution in [3.8, 4) is 11.1 Å². The van der Waals surface area contributed by atoms with Crippen molar-refractivity contribution in [2.45, 2.75) is 13.1 Å². The smallest absolute Gasteiger partial charge is 0.394 e. The van der Waals surface area contributed by atoms with E-state index in [1.807, 2.05) is 91.0 Å². The number of hydrogen-bond acceptors (Lipinski definition) is 3. The zero-order chi connectivity index (χ0) is 24.8. The van der Waals surface area contributed by atoms with E-state index < -0.39 is 17.8 Å². The van der Waals surface area contributed by atoms with Crippen LogP contribution in [0.5, 0.6) is 0 Å². The van der Waals surface area contributed by atoms with Gasteiger partial charge in [-0.15, -0.1) is 0 Å². The Bertz CT molecular complexity index is 1420. The molecule has 0 fully saturated rings. The van der Waals surface area contributed by atoms with Crippen LogP contribution in [0.25, 0.3) is 28.0 Å². The number of carbonyl (C=O) groups excluding carboxylic acids is 1. The third-order valence-electron chi connectivity index (χ3n) is 5.70. The van der Waals surface area contributed by atoms with Gasteiger partial charge in [-0.1, -0.05) is 84.9 Å². The number of benzene rings is 4. The summed E-state index contributed by atoms with van der Waals surface area (Å²) >= 11 is 0. The summed E-state index contributed by atoms with van der Waals surface area (Å²) in [5, 5.41) is 20.7. The third-order valence-corrected chi connectivity index (χ3v) is 5.70. The average Bonchev–Trinajstić information content (AvgIpc) is 2.87. The number of hydrogen-bond donors (Lipinski definition) is 2. The summed E-state index contributed by atoms with van der Waals surface area (Å²) in [5.41, 5.74) is 3.89. The predicted octanol–water partition coefficient (Wildman–Crippen LogP) is 5.22. The van der Waals surface area contributed by atoms with Crippen LogP contribution in [0.1, 0.15) is 16.7 Å². The van der Waals surface area contributed by atoms with E-state index in [1.54, 1.807) is 0 Å². The van der Waals surface area contributed by atoms with E-state index in [9.17, 15) is 24.6 Å². The molecule has 0 unspecified atom stereocenters. The van der Waals surface area contributed by atoms with Gasteiger partial charge in [-0.05, 0) is 50.7 Å². The molecular weight excluding hydrogens is 442 g/mol. The second kappa shape index (κ2) is 10.5. The maximum atomic E-state index is 12.5. The second-order valence-electron chi connectivity index (χ2n) is 8.06. The van der Waals surface area contributed by atoms with Gasteiger partial charge in [0.15, 0.2) is 0 Å². The molecule has 4 aromatic carbocycles. The van der Waals surface area contributed by atoms with Crippen LogP contribution in [-0.2, 0) is 27.5 Å². The van der Waals surface area contributed by atoms with Crippen molar-refractivity contribution in [3.05, 3.63) is 114 Å². The Morgan fingerprint density at radius 2 is 1.49 bits per heavy atom. The fraction of sp³-hybridized carbons (Fsp3) is 0.0690. The molecule has 6 nitrogen and oxygen atoms in total. The minimum Gasteiger partial charge on any atom is -0.478 e. The molecule has 4 aromatic rings. The van der Waals surface area contributed by atoms with Gasteiger partial charge >= 0.3 is 17.8 Å². The highest BCUT2D eigenvalue weighted by Crippen LogP contribution is 2.31. The highest BCUT2D eigenvalue weighted by atomic mass is 16.4. The molecule has 0 bridgehead atoms. The van der Waals surface area contributed by atoms with Gasteiger partial charge in [-0.3, -0.25) is 4.79 Å². The van der Waals surface area contributed by atoms with Gasteiger partial charge in [0.1, 0.15) is 0 Å². The average molecular weight is 466 g/mol. The lowest BCUT2D eigenvalue weighted by atomic mass is 9.94. The maximum absolute atomic E-state index is 12.5. The molecule has 4 rings (SSSR count). The molecule has 2 N–H and O–H groups in total. The molecule has 0 radical (unpaired) electrons. The van der Waals surface area contributed by atoms with E-state index in [1.165, 1.54) is 11.0 Å². The van der Waals surface area contributed by atoms with Crippen LogP contribution in [0.2, 0.25) is 0 Å². The highest BCUT2D eigenvalue weighted by Gasteiger charge is 2.22. The molecule has 0 spiro atoms. The molecule has 0 saturated carbocycles. The van der Waals surface area contributed by atoms with Gasteiger partial charge < -0.3 is 15.1 Å². The Kier molecular flexibility index (Phi) is 7.02. The topological polar surface area (TPSA) is 94.9 Å². The standard InChI is InChI=1S/C29H23NO5/c31-27(32)16-15-22-17-23(26-12-6-10-21-9-4-5-11-25(21)26)13-14-24(22)19-30(28(33)29(34)35)18-20-7-2-1-3-8-20/h1-17H,18-19H2,(H,31,32)(H,34,35). The van der Waals surface area contributed by atoms with Gasteiger partial charge in [-0.25, -0.2) is 9.59 Å². The van der Waals surface area contributed by atoms with Crippen LogP contribution in [0.4, 0.5) is 0 Å². The van der Waals surface area contributed by atoms with E-state index in [2.05, 4.69) is 0 Å². The number of carbonyl (C=O) groups is 3. The maximum Gasteiger partial charge on any atom is 0.394 e. The van der Waals surface area contributed by atoms with Crippen molar-refractivity contribution in [1.82, 2.24) is 4.90 Å². The summed E-state index contributed by atoms with van der Waals surface area (Å²) in [6.45, 7) is 0.119. The van der Waals surface area contributed by atoms with Gasteiger partial charge in [-0.2, -0.15) is 0 Å². The zero-order valence-corrected chi connectivity index (χ0v) is 18.8. The normalized spacial score (nSPS) is 11.0. The summed E-state index contributed by atoms with van der Waals surface area (Å²) < 4.78 is 0. The number of aliphatic carboxylic acids is 2. The van der Waals surface area contributed by atoms with Gasteiger partial charge in [0.2, 0.25) is 0 Å². The summed E-state index contributed by atoms with van der Waals surface area (Å²) in [6, 6.07) is 28.7. The van der Waals surface area contributed by atoms with Crippen LogP contribution in [-0.4, -0.2) is 33.0 Å². The van der Waals surface area contributed by atoms with Crippen LogP contribution < -0.4 is 0 Å². The third kappa shape index (κ3) is 5.62. The Balaban J connectivity index is 1.76. The van der Waals surface area contributed by atoms with Crippen molar-refractivity contribution < 1.29 is 24.6 Å². The molecule has 0 aliphatic heterocycles. The van der Waals surface area contributed by atoms with E-state index >= 15 is 0 Å². The summed E-state index contributed by atoms with van der Waals surface area (Å²) in [7, 11) is 0. The Morgan fingerprint density at radius 3 is 2.23 bits per heavy atom. The highest BCUT2D eigenvalue weighted by molar-refractivity contribution is 6.31.